The smallest absolute Gasteiger partial charge is 0.318 e. The Balaban J connectivity index is 1.72. The number of hydrogen-bond donors (Lipinski definition) is 2. The molecular formula is C17H21N5O3S. The first-order valence-corrected chi connectivity index (χ1v) is 9.38. The highest BCUT2D eigenvalue weighted by atomic mass is 32.2. The third kappa shape index (κ3) is 5.13. The lowest BCUT2D eigenvalue weighted by Gasteiger charge is -2.25. The number of para-hydroxylation sites is 1. The number of amides is 3. The van der Waals surface area contributed by atoms with Gasteiger partial charge in [-0.3, -0.25) is 15.0 Å². The second-order valence-electron chi connectivity index (χ2n) is 5.86. The van der Waals surface area contributed by atoms with Crippen LogP contribution in [-0.2, 0) is 16.1 Å². The summed E-state index contributed by atoms with van der Waals surface area (Å²) in [5.74, 6) is 0.864. The summed E-state index contributed by atoms with van der Waals surface area (Å²) < 4.78 is 5.38. The first kappa shape index (κ1) is 18.6. The molecule has 3 amide bonds. The summed E-state index contributed by atoms with van der Waals surface area (Å²) >= 11 is 1.47. The number of morpholine rings is 1. The second kappa shape index (κ2) is 8.93. The van der Waals surface area contributed by atoms with E-state index >= 15 is 0 Å². The molecule has 2 aromatic rings. The number of hydrogen-bond acceptors (Lipinski definition) is 7. The SMILES string of the molecule is NC(=O)NC(=O)CCSc1nc(CN2CCOCC2)nc2ccccc12. The first-order valence-electron chi connectivity index (χ1n) is 8.39. The number of nitrogens with one attached hydrogen (secondary N) is 1. The maximum atomic E-state index is 11.6. The van der Waals surface area contributed by atoms with E-state index in [1.165, 1.54) is 11.8 Å². The number of benzene rings is 1. The molecule has 9 heteroatoms. The van der Waals surface area contributed by atoms with Crippen LogP contribution in [-0.4, -0.2) is 58.9 Å². The van der Waals surface area contributed by atoms with Gasteiger partial charge < -0.3 is 10.5 Å². The van der Waals surface area contributed by atoms with Gasteiger partial charge in [0.2, 0.25) is 5.91 Å². The largest absolute Gasteiger partial charge is 0.379 e. The minimum Gasteiger partial charge on any atom is -0.379 e. The topological polar surface area (TPSA) is 110 Å². The highest BCUT2D eigenvalue weighted by Gasteiger charge is 2.15. The molecule has 0 unspecified atom stereocenters. The number of nitrogens with zero attached hydrogens (tertiary/aromatic N) is 3. The van der Waals surface area contributed by atoms with Crippen molar-refractivity contribution in [3.05, 3.63) is 30.1 Å². The van der Waals surface area contributed by atoms with E-state index < -0.39 is 11.9 Å². The standard InChI is InChI=1S/C17H21N5O3S/c18-17(24)21-15(23)5-10-26-16-12-3-1-2-4-13(12)19-14(20-16)11-22-6-8-25-9-7-22/h1-4H,5-11H2,(H3,18,21,23,24). The number of fused-ring (bicyclic) bond motifs is 1. The average molecular weight is 375 g/mol. The Labute approximate surface area is 155 Å². The van der Waals surface area contributed by atoms with Crippen molar-refractivity contribution < 1.29 is 14.3 Å². The van der Waals surface area contributed by atoms with Crippen LogP contribution in [0.25, 0.3) is 10.9 Å². The van der Waals surface area contributed by atoms with Crippen LogP contribution >= 0.6 is 11.8 Å². The zero-order valence-corrected chi connectivity index (χ0v) is 15.1. The number of ether oxygens (including phenoxy) is 1. The number of primary amides is 1. The second-order valence-corrected chi connectivity index (χ2v) is 6.95. The zero-order valence-electron chi connectivity index (χ0n) is 14.3. The van der Waals surface area contributed by atoms with Gasteiger partial charge in [-0.25, -0.2) is 14.8 Å². The predicted molar refractivity (Wildman–Crippen MR) is 98.7 cm³/mol. The number of carbonyl (C=O) groups excluding carboxylic acids is 2. The van der Waals surface area contributed by atoms with Crippen LogP contribution in [0, 0.1) is 0 Å². The lowest BCUT2D eigenvalue weighted by atomic mass is 10.2. The van der Waals surface area contributed by atoms with Crippen LogP contribution in [0.3, 0.4) is 0 Å². The summed E-state index contributed by atoms with van der Waals surface area (Å²) in [6.07, 6.45) is 0.185. The van der Waals surface area contributed by atoms with Crippen molar-refractivity contribution in [2.75, 3.05) is 32.1 Å². The molecule has 0 spiro atoms. The monoisotopic (exact) mass is 375 g/mol. The molecule has 0 atom stereocenters. The summed E-state index contributed by atoms with van der Waals surface area (Å²) in [6.45, 7) is 3.86. The molecule has 0 bridgehead atoms. The lowest BCUT2D eigenvalue weighted by molar-refractivity contribution is -0.119. The van der Waals surface area contributed by atoms with E-state index in [1.807, 2.05) is 24.3 Å². The van der Waals surface area contributed by atoms with Crippen LogP contribution in [0.5, 0.6) is 0 Å². The van der Waals surface area contributed by atoms with Crippen LogP contribution in [0.15, 0.2) is 29.3 Å². The first-order chi connectivity index (χ1) is 12.6. The van der Waals surface area contributed by atoms with Gasteiger partial charge in [0.1, 0.15) is 10.9 Å². The fourth-order valence-corrected chi connectivity index (χ4v) is 3.65. The van der Waals surface area contributed by atoms with Crippen LogP contribution in [0.4, 0.5) is 4.79 Å². The number of urea groups is 1. The molecule has 1 aromatic heterocycles. The minimum atomic E-state index is -0.833. The molecule has 2 heterocycles. The summed E-state index contributed by atoms with van der Waals surface area (Å²) in [5.41, 5.74) is 5.83. The highest BCUT2D eigenvalue weighted by Crippen LogP contribution is 2.26. The molecule has 1 aliphatic rings. The van der Waals surface area contributed by atoms with Gasteiger partial charge >= 0.3 is 6.03 Å². The predicted octanol–water partition coefficient (Wildman–Crippen LogP) is 1.14. The number of rotatable bonds is 6. The van der Waals surface area contributed by atoms with Gasteiger partial charge in [0, 0.05) is 30.6 Å². The van der Waals surface area contributed by atoms with Gasteiger partial charge in [-0.2, -0.15) is 0 Å². The van der Waals surface area contributed by atoms with Crippen molar-refractivity contribution in [1.29, 1.82) is 0 Å². The molecule has 0 saturated carbocycles. The Morgan fingerprint density at radius 1 is 1.23 bits per heavy atom. The van der Waals surface area contributed by atoms with E-state index in [0.29, 0.717) is 12.3 Å². The Morgan fingerprint density at radius 3 is 2.77 bits per heavy atom. The van der Waals surface area contributed by atoms with Gasteiger partial charge in [-0.15, -0.1) is 11.8 Å². The summed E-state index contributed by atoms with van der Waals surface area (Å²) in [6, 6.07) is 6.99. The summed E-state index contributed by atoms with van der Waals surface area (Å²) in [7, 11) is 0. The molecule has 26 heavy (non-hydrogen) atoms. The van der Waals surface area contributed by atoms with Crippen LogP contribution in [0.1, 0.15) is 12.2 Å². The Kier molecular flexibility index (Phi) is 6.37. The third-order valence-corrected chi connectivity index (χ3v) is 4.91. The molecule has 8 nitrogen and oxygen atoms in total. The van der Waals surface area contributed by atoms with Gasteiger partial charge in [0.05, 0.1) is 25.3 Å². The zero-order chi connectivity index (χ0) is 18.4. The maximum absolute atomic E-state index is 11.6. The fraction of sp³-hybridized carbons (Fsp3) is 0.412. The molecule has 0 aliphatic carbocycles. The molecule has 0 radical (unpaired) electrons. The number of nitrogens with two attached hydrogens (primary N) is 1. The maximum Gasteiger partial charge on any atom is 0.318 e. The van der Waals surface area contributed by atoms with E-state index in [1.54, 1.807) is 0 Å². The Hall–Kier alpha value is -2.23. The van der Waals surface area contributed by atoms with Crippen LogP contribution < -0.4 is 11.1 Å². The number of aromatic nitrogens is 2. The van der Waals surface area contributed by atoms with E-state index in [0.717, 1.165) is 48.1 Å². The Morgan fingerprint density at radius 2 is 2.00 bits per heavy atom. The van der Waals surface area contributed by atoms with Crippen molar-refractivity contribution in [1.82, 2.24) is 20.2 Å². The van der Waals surface area contributed by atoms with Gasteiger partial charge in [0.15, 0.2) is 0 Å². The van der Waals surface area contributed by atoms with Crippen molar-refractivity contribution >= 4 is 34.6 Å². The Bertz CT molecular complexity index is 795. The molecule has 3 rings (SSSR count). The quantitative estimate of drug-likeness (QED) is 0.575. The van der Waals surface area contributed by atoms with Crippen molar-refractivity contribution in [2.45, 2.75) is 18.0 Å². The van der Waals surface area contributed by atoms with E-state index in [-0.39, 0.29) is 6.42 Å². The fourth-order valence-electron chi connectivity index (χ4n) is 2.67. The number of imide groups is 1. The molecule has 1 aliphatic heterocycles. The van der Waals surface area contributed by atoms with Gasteiger partial charge in [0.25, 0.3) is 0 Å². The molecule has 1 fully saturated rings. The molecule has 1 aromatic carbocycles. The van der Waals surface area contributed by atoms with Crippen LogP contribution in [0.2, 0.25) is 0 Å². The molecular weight excluding hydrogens is 354 g/mol. The summed E-state index contributed by atoms with van der Waals surface area (Å²) in [4.78, 5) is 33.9. The molecule has 1 saturated heterocycles. The average Bonchev–Trinajstić information content (AvgIpc) is 2.62. The van der Waals surface area contributed by atoms with Crippen molar-refractivity contribution in [2.24, 2.45) is 5.73 Å². The highest BCUT2D eigenvalue weighted by molar-refractivity contribution is 7.99. The van der Waals surface area contributed by atoms with Gasteiger partial charge in [-0.05, 0) is 6.07 Å². The summed E-state index contributed by atoms with van der Waals surface area (Å²) in [5, 5.41) is 3.86. The minimum absolute atomic E-state index is 0.185. The number of thioether (sulfide) groups is 1. The van der Waals surface area contributed by atoms with Crippen molar-refractivity contribution in [3.8, 4) is 0 Å². The van der Waals surface area contributed by atoms with E-state index in [4.69, 9.17) is 15.5 Å². The molecule has 3 N–H and O–H groups in total. The third-order valence-electron chi connectivity index (χ3n) is 3.91. The van der Waals surface area contributed by atoms with Gasteiger partial charge in [-0.1, -0.05) is 18.2 Å². The van der Waals surface area contributed by atoms with E-state index in [9.17, 15) is 9.59 Å². The lowest BCUT2D eigenvalue weighted by Crippen LogP contribution is -2.36. The number of carbonyl (C=O) groups is 2. The normalized spacial score (nSPS) is 15.1. The van der Waals surface area contributed by atoms with Crippen molar-refractivity contribution in [3.63, 3.8) is 0 Å². The molecule has 138 valence electrons. The van der Waals surface area contributed by atoms with E-state index in [2.05, 4.69) is 15.2 Å².